The minimum atomic E-state index is 0.936. The number of benzene rings is 1. The Hall–Kier alpha value is -2.36. The average Bonchev–Trinajstić information content (AvgIpc) is 2.62. The number of aryl methyl sites for hydroxylation is 2. The van der Waals surface area contributed by atoms with E-state index in [2.05, 4.69) is 28.6 Å². The van der Waals surface area contributed by atoms with Gasteiger partial charge in [0.2, 0.25) is 0 Å². The van der Waals surface area contributed by atoms with Crippen molar-refractivity contribution >= 4 is 23.3 Å². The van der Waals surface area contributed by atoms with E-state index in [9.17, 15) is 0 Å². The van der Waals surface area contributed by atoms with Crippen LogP contribution in [0.5, 0.6) is 0 Å². The highest BCUT2D eigenvalue weighted by atomic mass is 15.4. The molecule has 0 aliphatic carbocycles. The fourth-order valence-corrected chi connectivity index (χ4v) is 3.80. The highest BCUT2D eigenvalue weighted by Gasteiger charge is 2.24. The second-order valence-electron chi connectivity index (χ2n) is 6.75. The lowest BCUT2D eigenvalue weighted by Crippen LogP contribution is -2.34. The quantitative estimate of drug-likeness (QED) is 0.462. The van der Waals surface area contributed by atoms with Gasteiger partial charge in [0.1, 0.15) is 0 Å². The van der Waals surface area contributed by atoms with Gasteiger partial charge in [-0.2, -0.15) is 5.10 Å². The molecule has 132 valence electrons. The van der Waals surface area contributed by atoms with Crippen LogP contribution < -0.4 is 9.91 Å². The first-order chi connectivity index (χ1) is 12.1. The number of nitrogens with zero attached hydrogens (tertiary/aromatic N) is 4. The number of allylic oxidation sites excluding steroid dienone is 3. The van der Waals surface area contributed by atoms with E-state index < -0.39 is 0 Å². The second kappa shape index (κ2) is 7.68. The summed E-state index contributed by atoms with van der Waals surface area (Å²) in [6.45, 7) is 8.31. The Morgan fingerprint density at radius 1 is 1.20 bits per heavy atom. The van der Waals surface area contributed by atoms with Crippen LogP contribution in [0.25, 0.3) is 0 Å². The summed E-state index contributed by atoms with van der Waals surface area (Å²) in [6, 6.07) is 4.63. The van der Waals surface area contributed by atoms with Crippen molar-refractivity contribution in [3.05, 3.63) is 47.6 Å². The molecule has 0 N–H and O–H groups in total. The van der Waals surface area contributed by atoms with Gasteiger partial charge in [-0.15, -0.1) is 0 Å². The molecule has 0 fully saturated rings. The van der Waals surface area contributed by atoms with Crippen LogP contribution in [0.15, 0.2) is 46.5 Å². The van der Waals surface area contributed by atoms with Crippen molar-refractivity contribution in [2.24, 2.45) is 10.1 Å². The lowest BCUT2D eigenvalue weighted by atomic mass is 9.91. The topological polar surface area (TPSA) is 31.2 Å². The molecule has 2 aliphatic heterocycles. The normalized spacial score (nSPS) is 17.6. The molecule has 2 heterocycles. The van der Waals surface area contributed by atoms with Crippen molar-refractivity contribution in [2.75, 3.05) is 37.1 Å². The molecule has 0 aromatic heterocycles. The van der Waals surface area contributed by atoms with Gasteiger partial charge in [-0.3, -0.25) is 10.0 Å². The number of hydrogen-bond acceptors (Lipinski definition) is 4. The first kappa shape index (κ1) is 17.5. The molecule has 3 rings (SSSR count). The maximum atomic E-state index is 4.77. The molecule has 0 amide bonds. The van der Waals surface area contributed by atoms with Crippen LogP contribution in [-0.4, -0.2) is 39.1 Å². The maximum Gasteiger partial charge on any atom is 0.0651 e. The third-order valence-electron chi connectivity index (χ3n) is 5.03. The average molecular weight is 336 g/mol. The van der Waals surface area contributed by atoms with E-state index in [0.717, 1.165) is 11.3 Å². The minimum absolute atomic E-state index is 0.936. The summed E-state index contributed by atoms with van der Waals surface area (Å²) in [4.78, 5) is 6.57. The molecule has 4 heteroatoms. The maximum absolute atomic E-state index is 4.77. The van der Waals surface area contributed by atoms with E-state index in [1.54, 1.807) is 13.3 Å². The van der Waals surface area contributed by atoms with Crippen LogP contribution in [0.3, 0.4) is 0 Å². The molecule has 1 aromatic carbocycles. The van der Waals surface area contributed by atoms with Crippen LogP contribution in [0.1, 0.15) is 30.9 Å². The number of hydrogen-bond donors (Lipinski definition) is 0. The zero-order chi connectivity index (χ0) is 17.8. The first-order valence-corrected chi connectivity index (χ1v) is 9.09. The molecule has 0 saturated carbocycles. The highest BCUT2D eigenvalue weighted by Crippen LogP contribution is 2.38. The largest absolute Gasteiger partial charge is 0.371 e. The van der Waals surface area contributed by atoms with E-state index in [1.165, 1.54) is 61.3 Å². The van der Waals surface area contributed by atoms with Crippen LogP contribution in [0, 0.1) is 0 Å². The van der Waals surface area contributed by atoms with Crippen molar-refractivity contribution in [3.63, 3.8) is 0 Å². The van der Waals surface area contributed by atoms with Crippen LogP contribution in [-0.2, 0) is 12.8 Å². The molecule has 0 atom stereocenters. The van der Waals surface area contributed by atoms with Crippen molar-refractivity contribution < 1.29 is 0 Å². The van der Waals surface area contributed by atoms with E-state index >= 15 is 0 Å². The molecule has 0 spiro atoms. The molecule has 0 unspecified atom stereocenters. The number of anilines is 2. The molecule has 2 aliphatic rings. The molecule has 0 radical (unpaired) electrons. The number of hydrazone groups is 1. The van der Waals surface area contributed by atoms with Gasteiger partial charge in [0.15, 0.2) is 0 Å². The Bertz CT molecular complexity index is 711. The van der Waals surface area contributed by atoms with Crippen molar-refractivity contribution in [1.29, 1.82) is 0 Å². The van der Waals surface area contributed by atoms with Crippen molar-refractivity contribution in [1.82, 2.24) is 0 Å². The van der Waals surface area contributed by atoms with E-state index in [-0.39, 0.29) is 0 Å². The lowest BCUT2D eigenvalue weighted by Gasteiger charge is -2.37. The molecular formula is C21H28N4. The third kappa shape index (κ3) is 3.68. The third-order valence-corrected chi connectivity index (χ3v) is 5.03. The summed E-state index contributed by atoms with van der Waals surface area (Å²) >= 11 is 0. The van der Waals surface area contributed by atoms with Gasteiger partial charge in [0, 0.05) is 39.1 Å². The van der Waals surface area contributed by atoms with Crippen molar-refractivity contribution in [3.8, 4) is 0 Å². The second-order valence-corrected chi connectivity index (χ2v) is 6.75. The zero-order valence-electron chi connectivity index (χ0n) is 15.6. The summed E-state index contributed by atoms with van der Waals surface area (Å²) in [5, 5.41) is 6.75. The first-order valence-electron chi connectivity index (χ1n) is 9.09. The molecule has 25 heavy (non-hydrogen) atoms. The van der Waals surface area contributed by atoms with Gasteiger partial charge in [-0.05, 0) is 67.5 Å². The standard InChI is InChI=1S/C21H28N4/c1-5-17(10-11-22-3)16(2)23-24(4)20-14-18-8-6-12-25-13-7-9-19(15-20)21(18)25/h5,10-11,14-15H,1,6-9,12-13H2,2-4H3/b17-10+,22-11?,23-16+. The molecule has 0 saturated heterocycles. The monoisotopic (exact) mass is 336 g/mol. The lowest BCUT2D eigenvalue weighted by molar-refractivity contribution is 0.634. The fourth-order valence-electron chi connectivity index (χ4n) is 3.80. The predicted octanol–water partition coefficient (Wildman–Crippen LogP) is 4.01. The van der Waals surface area contributed by atoms with Gasteiger partial charge in [0.25, 0.3) is 0 Å². The highest BCUT2D eigenvalue weighted by molar-refractivity contribution is 6.03. The summed E-state index contributed by atoms with van der Waals surface area (Å²) < 4.78 is 0. The molecular weight excluding hydrogens is 308 g/mol. The number of aliphatic imine (C=N–C) groups is 1. The Kier molecular flexibility index (Phi) is 5.37. The van der Waals surface area contributed by atoms with E-state index in [1.807, 2.05) is 31.1 Å². The Labute approximate surface area is 151 Å². The summed E-state index contributed by atoms with van der Waals surface area (Å²) in [5.41, 5.74) is 7.56. The minimum Gasteiger partial charge on any atom is -0.371 e. The van der Waals surface area contributed by atoms with Crippen LogP contribution in [0.4, 0.5) is 11.4 Å². The van der Waals surface area contributed by atoms with Gasteiger partial charge in [0.05, 0.1) is 11.4 Å². The molecule has 1 aromatic rings. The Morgan fingerprint density at radius 2 is 1.84 bits per heavy atom. The summed E-state index contributed by atoms with van der Waals surface area (Å²) in [6.07, 6.45) is 10.4. The molecule has 0 bridgehead atoms. The summed E-state index contributed by atoms with van der Waals surface area (Å²) in [7, 11) is 3.79. The van der Waals surface area contributed by atoms with Gasteiger partial charge in [-0.25, -0.2) is 0 Å². The molecule has 4 nitrogen and oxygen atoms in total. The number of rotatable bonds is 5. The Balaban J connectivity index is 1.91. The van der Waals surface area contributed by atoms with E-state index in [4.69, 9.17) is 5.10 Å². The fraction of sp³-hybridized carbons (Fsp3) is 0.429. The zero-order valence-corrected chi connectivity index (χ0v) is 15.6. The van der Waals surface area contributed by atoms with Gasteiger partial charge < -0.3 is 4.90 Å². The van der Waals surface area contributed by atoms with Crippen molar-refractivity contribution in [2.45, 2.75) is 32.6 Å². The van der Waals surface area contributed by atoms with Gasteiger partial charge in [-0.1, -0.05) is 12.7 Å². The van der Waals surface area contributed by atoms with Gasteiger partial charge >= 0.3 is 0 Å². The Morgan fingerprint density at radius 3 is 2.40 bits per heavy atom. The van der Waals surface area contributed by atoms with E-state index in [0.29, 0.717) is 0 Å². The smallest absolute Gasteiger partial charge is 0.0651 e. The predicted molar refractivity (Wildman–Crippen MR) is 110 cm³/mol. The SMILES string of the molecule is C=CC(=C\C=NC)/C(C)=N/N(C)c1cc2c3c(c1)CCCN3CCC2. The van der Waals surface area contributed by atoms with Crippen LogP contribution >= 0.6 is 0 Å². The summed E-state index contributed by atoms with van der Waals surface area (Å²) in [5.74, 6) is 0. The van der Waals surface area contributed by atoms with Crippen LogP contribution in [0.2, 0.25) is 0 Å².